The molecule has 47 heavy (non-hydrogen) atoms. The standard InChI is InChI=1S/C38H57N3O6/c1-23-17-25(21-45-33-39-13-6-14-40-33)46-31-30(23)35(4)11-12-38-22-37(38)10-9-28(47-29-18-41(15-16-44-29)24-19-43-20-24)34(2,3)26(37)7-8-27(38)36(35,5)32(31)42/h6,13-14,23-32,42H,7-12,15-22H2,1-5H3/t23-,25?,26+,27?,28?,29+,30?,31?,32+,35?,36-,37?,38?/m1/s1. The fourth-order valence-electron chi connectivity index (χ4n) is 13.9. The van der Waals surface area contributed by atoms with Crippen LogP contribution in [0.15, 0.2) is 18.5 Å². The fraction of sp³-hybridized carbons (Fsp3) is 0.895. The summed E-state index contributed by atoms with van der Waals surface area (Å²) < 4.78 is 31.4. The molecule has 9 nitrogen and oxygen atoms in total. The van der Waals surface area contributed by atoms with Crippen molar-refractivity contribution < 1.29 is 28.8 Å². The van der Waals surface area contributed by atoms with Crippen molar-refractivity contribution in [3.05, 3.63) is 18.5 Å². The topological polar surface area (TPSA) is 95.4 Å². The Balaban J connectivity index is 0.928. The first-order valence-electron chi connectivity index (χ1n) is 18.9. The number of aliphatic hydroxyl groups is 1. The zero-order valence-corrected chi connectivity index (χ0v) is 29.2. The monoisotopic (exact) mass is 651 g/mol. The number of aromatic nitrogens is 2. The maximum Gasteiger partial charge on any atom is 0.316 e. The van der Waals surface area contributed by atoms with Crippen LogP contribution in [-0.2, 0) is 18.9 Å². The number of hydrogen-bond acceptors (Lipinski definition) is 9. The molecule has 3 saturated heterocycles. The summed E-state index contributed by atoms with van der Waals surface area (Å²) in [5.74, 6) is 2.00. The third-order valence-electron chi connectivity index (χ3n) is 16.3. The molecule has 5 aliphatic carbocycles. The van der Waals surface area contributed by atoms with Crippen molar-refractivity contribution in [3.8, 4) is 6.01 Å². The Bertz CT molecular complexity index is 1350. The van der Waals surface area contributed by atoms with E-state index in [1.54, 1.807) is 18.5 Å². The van der Waals surface area contributed by atoms with Gasteiger partial charge in [-0.2, -0.15) is 0 Å². The summed E-state index contributed by atoms with van der Waals surface area (Å²) in [5.41, 5.74) is 0.694. The Hall–Kier alpha value is -1.36. The molecule has 260 valence electrons. The first kappa shape index (κ1) is 31.6. The van der Waals surface area contributed by atoms with Gasteiger partial charge in [-0.05, 0) is 103 Å². The minimum Gasteiger partial charge on any atom is -0.461 e. The van der Waals surface area contributed by atoms with Crippen LogP contribution in [0.1, 0.15) is 86.0 Å². The molecule has 0 amide bonds. The van der Waals surface area contributed by atoms with Crippen LogP contribution in [0, 0.1) is 50.7 Å². The summed E-state index contributed by atoms with van der Waals surface area (Å²) in [6.45, 7) is 17.1. The molecule has 1 aromatic heterocycles. The number of hydrogen-bond donors (Lipinski definition) is 1. The molecule has 1 aromatic rings. The SMILES string of the molecule is C[C@@H]1CC(COc2ncccn2)OC2C1C1(C)CCC34CC35CCC(O[C@H]3CN(C6COC6)CCO3)C(C)(C)[C@@H]5CCC4[C@]1(C)[C@H]2O. The quantitative estimate of drug-likeness (QED) is 0.450. The van der Waals surface area contributed by atoms with Crippen LogP contribution < -0.4 is 4.74 Å². The Morgan fingerprint density at radius 3 is 2.53 bits per heavy atom. The Labute approximate surface area is 280 Å². The summed E-state index contributed by atoms with van der Waals surface area (Å²) in [6.07, 6.45) is 12.4. The summed E-state index contributed by atoms with van der Waals surface area (Å²) in [7, 11) is 0. The molecule has 9 rings (SSSR count). The van der Waals surface area contributed by atoms with Gasteiger partial charge in [-0.15, -0.1) is 0 Å². The van der Waals surface area contributed by atoms with E-state index in [9.17, 15) is 5.11 Å². The van der Waals surface area contributed by atoms with Gasteiger partial charge in [0.25, 0.3) is 0 Å². The van der Waals surface area contributed by atoms with E-state index in [-0.39, 0.29) is 40.8 Å². The van der Waals surface area contributed by atoms with Gasteiger partial charge in [0.1, 0.15) is 6.61 Å². The summed E-state index contributed by atoms with van der Waals surface area (Å²) >= 11 is 0. The van der Waals surface area contributed by atoms with Gasteiger partial charge in [0, 0.05) is 24.4 Å². The lowest BCUT2D eigenvalue weighted by Gasteiger charge is -2.64. The van der Waals surface area contributed by atoms with Gasteiger partial charge in [-0.25, -0.2) is 9.97 Å². The third kappa shape index (κ3) is 4.28. The van der Waals surface area contributed by atoms with E-state index in [0.29, 0.717) is 53.2 Å². The molecule has 9 heteroatoms. The number of rotatable bonds is 6. The van der Waals surface area contributed by atoms with Crippen molar-refractivity contribution in [3.63, 3.8) is 0 Å². The zero-order chi connectivity index (χ0) is 32.4. The van der Waals surface area contributed by atoms with Gasteiger partial charge in [0.15, 0.2) is 6.29 Å². The van der Waals surface area contributed by atoms with Crippen molar-refractivity contribution >= 4 is 0 Å². The molecule has 2 spiro atoms. The fourth-order valence-corrected chi connectivity index (χ4v) is 13.9. The highest BCUT2D eigenvalue weighted by Gasteiger charge is 2.84. The maximum absolute atomic E-state index is 12.5. The predicted molar refractivity (Wildman–Crippen MR) is 174 cm³/mol. The molecule has 8 unspecified atom stereocenters. The maximum atomic E-state index is 12.5. The van der Waals surface area contributed by atoms with Gasteiger partial charge in [-0.1, -0.05) is 34.6 Å². The first-order valence-corrected chi connectivity index (χ1v) is 18.9. The molecular formula is C38H57N3O6. The third-order valence-corrected chi connectivity index (χ3v) is 16.3. The van der Waals surface area contributed by atoms with Crippen LogP contribution in [0.2, 0.25) is 0 Å². The molecule has 13 atom stereocenters. The van der Waals surface area contributed by atoms with Crippen LogP contribution >= 0.6 is 0 Å². The van der Waals surface area contributed by atoms with Crippen molar-refractivity contribution in [2.45, 2.75) is 123 Å². The molecule has 5 saturated carbocycles. The second-order valence-electron chi connectivity index (χ2n) is 18.1. The molecule has 0 aromatic carbocycles. The smallest absolute Gasteiger partial charge is 0.316 e. The number of aliphatic hydroxyl groups excluding tert-OH is 1. The number of morpholine rings is 1. The van der Waals surface area contributed by atoms with Gasteiger partial charge < -0.3 is 28.8 Å². The molecule has 4 heterocycles. The summed E-state index contributed by atoms with van der Waals surface area (Å²) in [5, 5.41) is 12.5. The lowest BCUT2D eigenvalue weighted by molar-refractivity contribution is -0.256. The Morgan fingerprint density at radius 1 is 1.00 bits per heavy atom. The van der Waals surface area contributed by atoms with Gasteiger partial charge in [0.2, 0.25) is 0 Å². The van der Waals surface area contributed by atoms with Gasteiger partial charge in [-0.3, -0.25) is 4.90 Å². The van der Waals surface area contributed by atoms with E-state index in [2.05, 4.69) is 49.5 Å². The summed E-state index contributed by atoms with van der Waals surface area (Å²) in [4.78, 5) is 11.0. The molecule has 1 N–H and O–H groups in total. The van der Waals surface area contributed by atoms with Crippen LogP contribution in [0.25, 0.3) is 0 Å². The average Bonchev–Trinajstić information content (AvgIpc) is 3.66. The molecule has 8 fully saturated rings. The molecule has 8 aliphatic rings. The van der Waals surface area contributed by atoms with Crippen molar-refractivity contribution in [1.29, 1.82) is 0 Å². The van der Waals surface area contributed by atoms with E-state index in [0.717, 1.165) is 45.8 Å². The van der Waals surface area contributed by atoms with E-state index >= 15 is 0 Å². The second-order valence-corrected chi connectivity index (χ2v) is 18.1. The predicted octanol–water partition coefficient (Wildman–Crippen LogP) is 5.11. The van der Waals surface area contributed by atoms with Crippen molar-refractivity contribution in [1.82, 2.24) is 14.9 Å². The lowest BCUT2D eigenvalue weighted by Crippen LogP contribution is -2.60. The Morgan fingerprint density at radius 2 is 1.77 bits per heavy atom. The average molecular weight is 652 g/mol. The highest BCUT2D eigenvalue weighted by molar-refractivity contribution is 5.32. The highest BCUT2D eigenvalue weighted by atomic mass is 16.7. The van der Waals surface area contributed by atoms with Crippen molar-refractivity contribution in [2.75, 3.05) is 39.5 Å². The second kappa shape index (κ2) is 10.8. The van der Waals surface area contributed by atoms with Crippen LogP contribution in [-0.4, -0.2) is 96.2 Å². The van der Waals surface area contributed by atoms with E-state index in [4.69, 9.17) is 23.7 Å². The van der Waals surface area contributed by atoms with Crippen molar-refractivity contribution in [2.24, 2.45) is 50.7 Å². The van der Waals surface area contributed by atoms with Crippen LogP contribution in [0.5, 0.6) is 6.01 Å². The minimum absolute atomic E-state index is 0.0584. The largest absolute Gasteiger partial charge is 0.461 e. The van der Waals surface area contributed by atoms with E-state index in [1.807, 2.05) is 0 Å². The molecular weight excluding hydrogens is 594 g/mol. The zero-order valence-electron chi connectivity index (χ0n) is 29.2. The number of nitrogens with zero attached hydrogens (tertiary/aromatic N) is 3. The lowest BCUT2D eigenvalue weighted by atomic mass is 9.41. The van der Waals surface area contributed by atoms with E-state index in [1.165, 1.54) is 38.5 Å². The Kier molecular flexibility index (Phi) is 7.28. The summed E-state index contributed by atoms with van der Waals surface area (Å²) in [6, 6.07) is 2.72. The van der Waals surface area contributed by atoms with Crippen LogP contribution in [0.4, 0.5) is 0 Å². The first-order chi connectivity index (χ1) is 22.5. The minimum atomic E-state index is -0.466. The normalized spacial score (nSPS) is 51.8. The van der Waals surface area contributed by atoms with E-state index < -0.39 is 6.10 Å². The van der Waals surface area contributed by atoms with Crippen LogP contribution in [0.3, 0.4) is 0 Å². The molecule has 0 bridgehead atoms. The van der Waals surface area contributed by atoms with Gasteiger partial charge >= 0.3 is 6.01 Å². The number of ether oxygens (including phenoxy) is 5. The molecule has 3 aliphatic heterocycles. The molecule has 0 radical (unpaired) electrons. The van der Waals surface area contributed by atoms with Gasteiger partial charge in [0.05, 0.1) is 56.8 Å². The highest BCUT2D eigenvalue weighted by Crippen LogP contribution is 2.89. The number of fused-ring (bicyclic) bond motifs is 4.